The highest BCUT2D eigenvalue weighted by molar-refractivity contribution is 6.12. The van der Waals surface area contributed by atoms with Crippen molar-refractivity contribution in [2.75, 3.05) is 4.90 Å². The normalized spacial score (nSPS) is 13.1. The van der Waals surface area contributed by atoms with Crippen molar-refractivity contribution < 1.29 is 4.42 Å². The summed E-state index contributed by atoms with van der Waals surface area (Å²) in [6.45, 7) is 0. The van der Waals surface area contributed by atoms with Gasteiger partial charge in [-0.15, -0.1) is 0 Å². The summed E-state index contributed by atoms with van der Waals surface area (Å²) in [4.78, 5) is 2.47. The number of fused-ring (bicyclic) bond motifs is 17. The van der Waals surface area contributed by atoms with Gasteiger partial charge in [-0.05, 0) is 140 Å². The third-order valence-electron chi connectivity index (χ3n) is 15.0. The molecule has 0 saturated heterocycles. The van der Waals surface area contributed by atoms with E-state index in [4.69, 9.17) is 4.42 Å². The SMILES string of the molecule is c1ccc(N(c2ccc(-n3c4ccccc4c4ccccc43)cc2)c2ccc3c(c2)C2(c4ccccc4-c4ccccc42)c2ccccc2-3)c(-c2ccc3oc4cc5ccccc5cc4c3c2)c1. The third-order valence-corrected chi connectivity index (χ3v) is 15.0. The number of furan rings is 1. The van der Waals surface area contributed by atoms with Crippen LogP contribution in [0, 0.1) is 0 Å². The number of hydrogen-bond acceptors (Lipinski definition) is 2. The minimum Gasteiger partial charge on any atom is -0.456 e. The molecule has 2 heterocycles. The van der Waals surface area contributed by atoms with Crippen LogP contribution in [0.4, 0.5) is 17.1 Å². The van der Waals surface area contributed by atoms with E-state index >= 15 is 0 Å². The fraction of sp³-hybridized carbons (Fsp3) is 0.0154. The summed E-state index contributed by atoms with van der Waals surface area (Å²) in [7, 11) is 0. The molecule has 11 aromatic carbocycles. The van der Waals surface area contributed by atoms with Gasteiger partial charge in [-0.2, -0.15) is 0 Å². The molecule has 0 amide bonds. The summed E-state index contributed by atoms with van der Waals surface area (Å²) in [6.07, 6.45) is 0. The van der Waals surface area contributed by atoms with Gasteiger partial charge in [-0.3, -0.25) is 0 Å². The Bertz CT molecular complexity index is 4110. The standard InChI is InChI=1S/C65H40N2O/c1-2-16-42-39-64-55(37-41(42)15-1)54-38-43(29-36-63(54)68-64)47-17-6-12-26-60(47)66(44-30-32-45(33-31-44)67-61-27-13-7-21-52(61)53-22-8-14-28-62(53)67)46-34-35-51-50-20-5-11-25-58(50)65(59(51)40-46)56-23-9-3-18-48(56)49-19-4-10-24-57(49)65/h1-40H. The molecule has 2 aliphatic rings. The number of rotatable bonds is 5. The van der Waals surface area contributed by atoms with E-state index in [2.05, 4.69) is 252 Å². The number of para-hydroxylation sites is 3. The zero-order valence-corrected chi connectivity index (χ0v) is 36.9. The molecule has 3 nitrogen and oxygen atoms in total. The maximum Gasteiger partial charge on any atom is 0.136 e. The molecule has 2 aromatic heterocycles. The van der Waals surface area contributed by atoms with Gasteiger partial charge in [0.25, 0.3) is 0 Å². The molecule has 1 spiro atoms. The lowest BCUT2D eigenvalue weighted by Crippen LogP contribution is -2.26. The Balaban J connectivity index is 0.964. The highest BCUT2D eigenvalue weighted by Gasteiger charge is 2.51. The van der Waals surface area contributed by atoms with E-state index < -0.39 is 5.41 Å². The third kappa shape index (κ3) is 5.07. The predicted molar refractivity (Wildman–Crippen MR) is 282 cm³/mol. The Morgan fingerprint density at radius 2 is 0.853 bits per heavy atom. The lowest BCUT2D eigenvalue weighted by Gasteiger charge is -2.32. The van der Waals surface area contributed by atoms with Crippen molar-refractivity contribution in [2.24, 2.45) is 0 Å². The van der Waals surface area contributed by atoms with Crippen LogP contribution in [0.1, 0.15) is 22.3 Å². The lowest BCUT2D eigenvalue weighted by molar-refractivity contribution is 0.669. The predicted octanol–water partition coefficient (Wildman–Crippen LogP) is 17.3. The molecule has 0 saturated carbocycles. The smallest absolute Gasteiger partial charge is 0.136 e. The quantitative estimate of drug-likeness (QED) is 0.172. The molecule has 0 atom stereocenters. The van der Waals surface area contributed by atoms with Gasteiger partial charge < -0.3 is 13.9 Å². The first kappa shape index (κ1) is 37.3. The summed E-state index contributed by atoms with van der Waals surface area (Å²) < 4.78 is 8.91. The summed E-state index contributed by atoms with van der Waals surface area (Å²) in [5, 5.41) is 7.11. The second-order valence-electron chi connectivity index (χ2n) is 18.4. The van der Waals surface area contributed by atoms with E-state index in [9.17, 15) is 0 Å². The molecule has 15 rings (SSSR count). The molecular weight excluding hydrogens is 825 g/mol. The fourth-order valence-corrected chi connectivity index (χ4v) is 12.1. The monoisotopic (exact) mass is 864 g/mol. The van der Waals surface area contributed by atoms with E-state index in [1.54, 1.807) is 0 Å². The van der Waals surface area contributed by atoms with Crippen LogP contribution in [0.3, 0.4) is 0 Å². The molecule has 0 aliphatic heterocycles. The molecule has 0 bridgehead atoms. The van der Waals surface area contributed by atoms with Gasteiger partial charge in [-0.1, -0.05) is 164 Å². The maximum absolute atomic E-state index is 6.52. The highest BCUT2D eigenvalue weighted by atomic mass is 16.3. The van der Waals surface area contributed by atoms with Gasteiger partial charge in [-0.25, -0.2) is 0 Å². The van der Waals surface area contributed by atoms with Crippen LogP contribution in [0.15, 0.2) is 247 Å². The van der Waals surface area contributed by atoms with Crippen LogP contribution in [0.25, 0.3) is 93.6 Å². The molecule has 0 fully saturated rings. The average molecular weight is 865 g/mol. The zero-order chi connectivity index (χ0) is 44.5. The van der Waals surface area contributed by atoms with Crippen LogP contribution in [0.5, 0.6) is 0 Å². The first-order valence-electron chi connectivity index (χ1n) is 23.5. The van der Waals surface area contributed by atoms with E-state index in [0.29, 0.717) is 0 Å². The van der Waals surface area contributed by atoms with Gasteiger partial charge in [0.15, 0.2) is 0 Å². The summed E-state index contributed by atoms with van der Waals surface area (Å²) in [5.41, 5.74) is 20.8. The maximum atomic E-state index is 6.52. The van der Waals surface area contributed by atoms with Gasteiger partial charge in [0.1, 0.15) is 11.2 Å². The van der Waals surface area contributed by atoms with E-state index in [1.165, 1.54) is 77.1 Å². The molecule has 0 unspecified atom stereocenters. The van der Waals surface area contributed by atoms with E-state index in [0.717, 1.165) is 55.8 Å². The number of nitrogens with zero attached hydrogens (tertiary/aromatic N) is 2. The summed E-state index contributed by atoms with van der Waals surface area (Å²) in [5.74, 6) is 0. The molecular formula is C65H40N2O. The Morgan fingerprint density at radius 3 is 1.51 bits per heavy atom. The fourth-order valence-electron chi connectivity index (χ4n) is 12.1. The van der Waals surface area contributed by atoms with Crippen LogP contribution in [0.2, 0.25) is 0 Å². The number of aromatic nitrogens is 1. The van der Waals surface area contributed by atoms with Gasteiger partial charge >= 0.3 is 0 Å². The Hall–Kier alpha value is -8.92. The minimum absolute atomic E-state index is 0.474. The van der Waals surface area contributed by atoms with Crippen molar-refractivity contribution in [1.29, 1.82) is 0 Å². The zero-order valence-electron chi connectivity index (χ0n) is 36.9. The Kier molecular flexibility index (Phi) is 7.71. The van der Waals surface area contributed by atoms with E-state index in [-0.39, 0.29) is 0 Å². The van der Waals surface area contributed by atoms with Crippen molar-refractivity contribution in [1.82, 2.24) is 4.57 Å². The summed E-state index contributed by atoms with van der Waals surface area (Å²) in [6, 6.07) is 89.5. The number of benzene rings is 11. The van der Waals surface area contributed by atoms with E-state index in [1.807, 2.05) is 0 Å². The van der Waals surface area contributed by atoms with Crippen molar-refractivity contribution in [3.05, 3.63) is 265 Å². The van der Waals surface area contributed by atoms with Crippen molar-refractivity contribution in [3.63, 3.8) is 0 Å². The first-order valence-corrected chi connectivity index (χ1v) is 23.5. The lowest BCUT2D eigenvalue weighted by atomic mass is 9.70. The highest BCUT2D eigenvalue weighted by Crippen LogP contribution is 2.63. The topological polar surface area (TPSA) is 21.3 Å². The molecule has 0 N–H and O–H groups in total. The van der Waals surface area contributed by atoms with Gasteiger partial charge in [0, 0.05) is 44.2 Å². The Labute approximate surface area is 393 Å². The van der Waals surface area contributed by atoms with Crippen molar-refractivity contribution in [3.8, 4) is 39.1 Å². The number of hydrogen-bond donors (Lipinski definition) is 0. The number of anilines is 3. The average Bonchev–Trinajstić information content (AvgIpc) is 4.12. The Morgan fingerprint density at radius 1 is 0.338 bits per heavy atom. The van der Waals surface area contributed by atoms with Gasteiger partial charge in [0.2, 0.25) is 0 Å². The molecule has 2 aliphatic carbocycles. The summed E-state index contributed by atoms with van der Waals surface area (Å²) >= 11 is 0. The van der Waals surface area contributed by atoms with Crippen LogP contribution in [-0.2, 0) is 5.41 Å². The largest absolute Gasteiger partial charge is 0.456 e. The van der Waals surface area contributed by atoms with Crippen molar-refractivity contribution >= 4 is 71.6 Å². The van der Waals surface area contributed by atoms with Crippen LogP contribution in [-0.4, -0.2) is 4.57 Å². The molecule has 0 radical (unpaired) electrons. The van der Waals surface area contributed by atoms with Gasteiger partial charge in [0.05, 0.1) is 22.1 Å². The molecule has 68 heavy (non-hydrogen) atoms. The second-order valence-corrected chi connectivity index (χ2v) is 18.4. The van der Waals surface area contributed by atoms with Crippen molar-refractivity contribution in [2.45, 2.75) is 5.41 Å². The molecule has 3 heteroatoms. The molecule has 13 aromatic rings. The van der Waals surface area contributed by atoms with Crippen LogP contribution < -0.4 is 4.90 Å². The molecule has 316 valence electrons. The first-order chi connectivity index (χ1) is 33.7. The van der Waals surface area contributed by atoms with Crippen LogP contribution >= 0.6 is 0 Å². The second kappa shape index (κ2) is 14.0. The minimum atomic E-state index is -0.474.